The van der Waals surface area contributed by atoms with Crippen LogP contribution in [-0.4, -0.2) is 19.0 Å². The highest BCUT2D eigenvalue weighted by molar-refractivity contribution is 6.31. The van der Waals surface area contributed by atoms with Crippen molar-refractivity contribution in [1.29, 1.82) is 0 Å². The lowest BCUT2D eigenvalue weighted by Crippen LogP contribution is -2.15. The zero-order valence-electron chi connectivity index (χ0n) is 11.5. The van der Waals surface area contributed by atoms with Gasteiger partial charge in [-0.2, -0.15) is 0 Å². The van der Waals surface area contributed by atoms with Crippen molar-refractivity contribution in [3.8, 4) is 11.5 Å². The van der Waals surface area contributed by atoms with Gasteiger partial charge in [0.2, 0.25) is 5.78 Å². The van der Waals surface area contributed by atoms with Gasteiger partial charge in [0.05, 0.1) is 0 Å². The molecule has 0 fully saturated rings. The molecule has 2 heterocycles. The van der Waals surface area contributed by atoms with E-state index >= 15 is 0 Å². The van der Waals surface area contributed by atoms with E-state index in [2.05, 4.69) is 0 Å². The molecule has 4 rings (SSSR count). The van der Waals surface area contributed by atoms with Crippen LogP contribution in [-0.2, 0) is 0 Å². The summed E-state index contributed by atoms with van der Waals surface area (Å²) in [6, 6.07) is 12.1. The highest BCUT2D eigenvalue weighted by Crippen LogP contribution is 2.32. The van der Waals surface area contributed by atoms with Crippen LogP contribution in [0, 0.1) is 0 Å². The maximum absolute atomic E-state index is 12.6. The van der Waals surface area contributed by atoms with Gasteiger partial charge >= 0.3 is 0 Å². The standard InChI is InChI=1S/C17H11ClO4/c18-12-2-4-13-11(7-12)9-16(22-13)17(19)10-1-3-14-15(8-10)21-6-5-20-14/h1-4,7-9H,5-6H2. The molecular formula is C17H11ClO4. The minimum Gasteiger partial charge on any atom is -0.486 e. The lowest BCUT2D eigenvalue weighted by molar-refractivity contribution is 0.101. The number of hydrogen-bond acceptors (Lipinski definition) is 4. The first-order chi connectivity index (χ1) is 10.7. The number of hydrogen-bond donors (Lipinski definition) is 0. The van der Waals surface area contributed by atoms with Crippen LogP contribution in [0.1, 0.15) is 16.1 Å². The van der Waals surface area contributed by atoms with Gasteiger partial charge in [-0.15, -0.1) is 0 Å². The Hall–Kier alpha value is -2.46. The molecule has 0 atom stereocenters. The molecule has 0 bridgehead atoms. The number of rotatable bonds is 2. The molecule has 0 amide bonds. The van der Waals surface area contributed by atoms with Crippen LogP contribution in [0.2, 0.25) is 5.02 Å². The third-order valence-electron chi connectivity index (χ3n) is 3.51. The van der Waals surface area contributed by atoms with Crippen molar-refractivity contribution in [1.82, 2.24) is 0 Å². The lowest BCUT2D eigenvalue weighted by atomic mass is 10.1. The van der Waals surface area contributed by atoms with Crippen LogP contribution in [0.25, 0.3) is 11.0 Å². The van der Waals surface area contributed by atoms with Crippen LogP contribution >= 0.6 is 11.6 Å². The van der Waals surface area contributed by atoms with E-state index in [0.717, 1.165) is 5.39 Å². The average Bonchev–Trinajstić information content (AvgIpc) is 2.96. The molecule has 3 aromatic rings. The van der Waals surface area contributed by atoms with Crippen molar-refractivity contribution in [3.63, 3.8) is 0 Å². The topological polar surface area (TPSA) is 48.7 Å². The third kappa shape index (κ3) is 2.22. The molecule has 1 aromatic heterocycles. The van der Waals surface area contributed by atoms with Crippen molar-refractivity contribution in [2.75, 3.05) is 13.2 Å². The average molecular weight is 315 g/mol. The number of halogens is 1. The Balaban J connectivity index is 1.73. The van der Waals surface area contributed by atoms with Gasteiger partial charge in [-0.05, 0) is 42.5 Å². The van der Waals surface area contributed by atoms with Crippen molar-refractivity contribution >= 4 is 28.4 Å². The van der Waals surface area contributed by atoms with E-state index in [1.807, 2.05) is 0 Å². The van der Waals surface area contributed by atoms with E-state index in [1.54, 1.807) is 42.5 Å². The van der Waals surface area contributed by atoms with Gasteiger partial charge in [0.15, 0.2) is 17.3 Å². The molecule has 0 radical (unpaired) electrons. The van der Waals surface area contributed by atoms with Crippen LogP contribution in [0.15, 0.2) is 46.9 Å². The fraction of sp³-hybridized carbons (Fsp3) is 0.118. The molecule has 0 saturated heterocycles. The number of carbonyl (C=O) groups excluding carboxylic acids is 1. The van der Waals surface area contributed by atoms with E-state index < -0.39 is 0 Å². The highest BCUT2D eigenvalue weighted by atomic mass is 35.5. The number of ether oxygens (including phenoxy) is 2. The monoisotopic (exact) mass is 314 g/mol. The summed E-state index contributed by atoms with van der Waals surface area (Å²) >= 11 is 5.95. The summed E-state index contributed by atoms with van der Waals surface area (Å²) in [5, 5.41) is 1.40. The fourth-order valence-electron chi connectivity index (χ4n) is 2.45. The predicted molar refractivity (Wildman–Crippen MR) is 82.1 cm³/mol. The number of carbonyl (C=O) groups is 1. The molecule has 0 unspecified atom stereocenters. The minimum atomic E-state index is -0.204. The quantitative estimate of drug-likeness (QED) is 0.668. The maximum Gasteiger partial charge on any atom is 0.228 e. The molecular weight excluding hydrogens is 304 g/mol. The third-order valence-corrected chi connectivity index (χ3v) is 3.74. The Bertz CT molecular complexity index is 881. The molecule has 22 heavy (non-hydrogen) atoms. The molecule has 2 aromatic carbocycles. The summed E-state index contributed by atoms with van der Waals surface area (Å²) in [4.78, 5) is 12.6. The Labute approximate surface area is 131 Å². The number of ketones is 1. The second-order valence-electron chi connectivity index (χ2n) is 4.98. The zero-order chi connectivity index (χ0) is 15.1. The van der Waals surface area contributed by atoms with Crippen LogP contribution in [0.5, 0.6) is 11.5 Å². The van der Waals surface area contributed by atoms with Gasteiger partial charge in [0.1, 0.15) is 18.8 Å². The normalized spacial score (nSPS) is 13.3. The summed E-state index contributed by atoms with van der Waals surface area (Å²) in [7, 11) is 0. The lowest BCUT2D eigenvalue weighted by Gasteiger charge is -2.18. The second-order valence-corrected chi connectivity index (χ2v) is 5.42. The first-order valence-electron chi connectivity index (χ1n) is 6.84. The second kappa shape index (κ2) is 5.07. The first kappa shape index (κ1) is 13.2. The molecule has 0 N–H and O–H groups in total. The van der Waals surface area contributed by atoms with E-state index in [0.29, 0.717) is 40.9 Å². The molecule has 1 aliphatic rings. The summed E-state index contributed by atoms with van der Waals surface area (Å²) < 4.78 is 16.6. The number of fused-ring (bicyclic) bond motifs is 2. The Morgan fingerprint density at radius 3 is 2.64 bits per heavy atom. The maximum atomic E-state index is 12.6. The zero-order valence-corrected chi connectivity index (χ0v) is 12.2. The summed E-state index contributed by atoms with van der Waals surface area (Å²) in [6.07, 6.45) is 0. The largest absolute Gasteiger partial charge is 0.486 e. The van der Waals surface area contributed by atoms with Gasteiger partial charge in [-0.1, -0.05) is 11.6 Å². The van der Waals surface area contributed by atoms with Crippen LogP contribution in [0.4, 0.5) is 0 Å². The summed E-state index contributed by atoms with van der Waals surface area (Å²) in [5.41, 5.74) is 1.12. The van der Waals surface area contributed by atoms with Gasteiger partial charge < -0.3 is 13.9 Å². The van der Waals surface area contributed by atoms with Gasteiger partial charge in [-0.3, -0.25) is 4.79 Å². The fourth-order valence-corrected chi connectivity index (χ4v) is 2.63. The van der Waals surface area contributed by atoms with E-state index in [-0.39, 0.29) is 11.5 Å². The minimum absolute atomic E-state index is 0.204. The Kier molecular flexibility index (Phi) is 3.05. The van der Waals surface area contributed by atoms with Crippen molar-refractivity contribution in [3.05, 3.63) is 58.8 Å². The van der Waals surface area contributed by atoms with Crippen molar-refractivity contribution < 1.29 is 18.7 Å². The molecule has 5 heteroatoms. The van der Waals surface area contributed by atoms with E-state index in [9.17, 15) is 4.79 Å². The highest BCUT2D eigenvalue weighted by Gasteiger charge is 2.19. The van der Waals surface area contributed by atoms with E-state index in [1.165, 1.54) is 0 Å². The Morgan fingerprint density at radius 1 is 0.955 bits per heavy atom. The first-order valence-corrected chi connectivity index (χ1v) is 7.22. The van der Waals surface area contributed by atoms with Gasteiger partial charge in [0.25, 0.3) is 0 Å². The SMILES string of the molecule is O=C(c1ccc2c(c1)OCCO2)c1cc2cc(Cl)ccc2o1. The molecule has 110 valence electrons. The van der Waals surface area contributed by atoms with Crippen molar-refractivity contribution in [2.45, 2.75) is 0 Å². The molecule has 0 spiro atoms. The predicted octanol–water partition coefficient (Wildman–Crippen LogP) is 4.09. The van der Waals surface area contributed by atoms with Crippen molar-refractivity contribution in [2.24, 2.45) is 0 Å². The molecule has 0 saturated carbocycles. The summed E-state index contributed by atoms with van der Waals surface area (Å²) in [5.74, 6) is 1.30. The van der Waals surface area contributed by atoms with Crippen LogP contribution < -0.4 is 9.47 Å². The van der Waals surface area contributed by atoms with Crippen LogP contribution in [0.3, 0.4) is 0 Å². The van der Waals surface area contributed by atoms with Gasteiger partial charge in [-0.25, -0.2) is 0 Å². The Morgan fingerprint density at radius 2 is 1.77 bits per heavy atom. The van der Waals surface area contributed by atoms with Gasteiger partial charge in [0, 0.05) is 16.0 Å². The summed E-state index contributed by atoms with van der Waals surface area (Å²) in [6.45, 7) is 0.998. The number of benzene rings is 2. The smallest absolute Gasteiger partial charge is 0.228 e. The number of furan rings is 1. The molecule has 0 aliphatic carbocycles. The molecule has 4 nitrogen and oxygen atoms in total. The molecule has 1 aliphatic heterocycles. The van der Waals surface area contributed by atoms with E-state index in [4.69, 9.17) is 25.5 Å².